The number of rotatable bonds is 2. The molecule has 1 nitrogen and oxygen atoms in total. The van der Waals surface area contributed by atoms with Crippen LogP contribution in [0.25, 0.3) is 0 Å². The highest BCUT2D eigenvalue weighted by atomic mass is 35.5. The topological polar surface area (TPSA) is 12.0 Å². The molecule has 0 spiro atoms. The molecule has 13 heavy (non-hydrogen) atoms. The standard InChI is InChI=1S/C10H17NS.ClH/c1-8-5-6-9(12-8)7-11-10(2,3)4;/h5-6,11H,7H2,1-4H3;1H. The van der Waals surface area contributed by atoms with E-state index in [-0.39, 0.29) is 17.9 Å². The summed E-state index contributed by atoms with van der Waals surface area (Å²) < 4.78 is 0. The third-order valence-electron chi connectivity index (χ3n) is 1.59. The van der Waals surface area contributed by atoms with E-state index in [0.717, 1.165) is 6.54 Å². The predicted octanol–water partition coefficient (Wildman–Crippen LogP) is 3.37. The third kappa shape index (κ3) is 5.29. The molecule has 0 aliphatic rings. The molecular weight excluding hydrogens is 202 g/mol. The molecule has 0 aliphatic carbocycles. The van der Waals surface area contributed by atoms with Gasteiger partial charge in [0, 0.05) is 21.8 Å². The van der Waals surface area contributed by atoms with Crippen LogP contribution >= 0.6 is 23.7 Å². The average Bonchev–Trinajstić information content (AvgIpc) is 2.30. The van der Waals surface area contributed by atoms with Gasteiger partial charge in [0.05, 0.1) is 0 Å². The molecule has 0 bridgehead atoms. The van der Waals surface area contributed by atoms with Crippen molar-refractivity contribution in [3.63, 3.8) is 0 Å². The van der Waals surface area contributed by atoms with Gasteiger partial charge in [-0.15, -0.1) is 23.7 Å². The lowest BCUT2D eigenvalue weighted by atomic mass is 10.1. The Morgan fingerprint density at radius 1 is 1.31 bits per heavy atom. The Labute approximate surface area is 91.0 Å². The summed E-state index contributed by atoms with van der Waals surface area (Å²) in [6.07, 6.45) is 0. The molecule has 0 aliphatic heterocycles. The van der Waals surface area contributed by atoms with E-state index in [1.807, 2.05) is 11.3 Å². The summed E-state index contributed by atoms with van der Waals surface area (Å²) in [5, 5.41) is 3.46. The zero-order valence-corrected chi connectivity index (χ0v) is 10.3. The smallest absolute Gasteiger partial charge is 0.0304 e. The minimum Gasteiger partial charge on any atom is -0.307 e. The number of hydrogen-bond donors (Lipinski definition) is 1. The van der Waals surface area contributed by atoms with Gasteiger partial charge in [-0.2, -0.15) is 0 Å². The van der Waals surface area contributed by atoms with Crippen LogP contribution in [0, 0.1) is 6.92 Å². The molecule has 3 heteroatoms. The number of thiophene rings is 1. The van der Waals surface area contributed by atoms with Crippen molar-refractivity contribution in [2.24, 2.45) is 0 Å². The van der Waals surface area contributed by atoms with E-state index in [1.54, 1.807) is 0 Å². The number of aryl methyl sites for hydroxylation is 1. The van der Waals surface area contributed by atoms with E-state index in [2.05, 4.69) is 45.1 Å². The first kappa shape index (κ1) is 12.9. The van der Waals surface area contributed by atoms with Crippen LogP contribution in [0.5, 0.6) is 0 Å². The molecule has 1 aromatic rings. The molecule has 1 rings (SSSR count). The summed E-state index contributed by atoms with van der Waals surface area (Å²) in [6.45, 7) is 9.70. The van der Waals surface area contributed by atoms with Gasteiger partial charge in [0.1, 0.15) is 0 Å². The summed E-state index contributed by atoms with van der Waals surface area (Å²) in [7, 11) is 0. The monoisotopic (exact) mass is 219 g/mol. The average molecular weight is 220 g/mol. The molecule has 1 N–H and O–H groups in total. The second-order valence-corrected chi connectivity index (χ2v) is 5.49. The van der Waals surface area contributed by atoms with Crippen LogP contribution in [-0.4, -0.2) is 5.54 Å². The first-order valence-corrected chi connectivity index (χ1v) is 5.09. The van der Waals surface area contributed by atoms with Crippen molar-refractivity contribution in [1.82, 2.24) is 5.32 Å². The van der Waals surface area contributed by atoms with Gasteiger partial charge in [-0.25, -0.2) is 0 Å². The van der Waals surface area contributed by atoms with E-state index >= 15 is 0 Å². The lowest BCUT2D eigenvalue weighted by Gasteiger charge is -2.19. The van der Waals surface area contributed by atoms with Crippen molar-refractivity contribution in [3.05, 3.63) is 21.9 Å². The molecule has 0 aromatic carbocycles. The Bertz CT molecular complexity index is 250. The highest BCUT2D eigenvalue weighted by Gasteiger charge is 2.08. The SMILES string of the molecule is Cc1ccc(CNC(C)(C)C)s1.Cl. The zero-order chi connectivity index (χ0) is 9.19. The molecule has 0 amide bonds. The second-order valence-electron chi connectivity index (χ2n) is 4.12. The Morgan fingerprint density at radius 3 is 2.31 bits per heavy atom. The van der Waals surface area contributed by atoms with Gasteiger partial charge in [-0.3, -0.25) is 0 Å². The largest absolute Gasteiger partial charge is 0.307 e. The summed E-state index contributed by atoms with van der Waals surface area (Å²) in [6, 6.07) is 4.36. The van der Waals surface area contributed by atoms with E-state index < -0.39 is 0 Å². The van der Waals surface area contributed by atoms with Crippen LogP contribution in [0.3, 0.4) is 0 Å². The maximum absolute atomic E-state index is 3.46. The van der Waals surface area contributed by atoms with E-state index in [9.17, 15) is 0 Å². The van der Waals surface area contributed by atoms with Crippen LogP contribution in [0.15, 0.2) is 12.1 Å². The lowest BCUT2D eigenvalue weighted by Crippen LogP contribution is -2.34. The molecule has 0 fully saturated rings. The van der Waals surface area contributed by atoms with Gasteiger partial charge in [-0.1, -0.05) is 0 Å². The van der Waals surface area contributed by atoms with Gasteiger partial charge < -0.3 is 5.32 Å². The fraction of sp³-hybridized carbons (Fsp3) is 0.600. The van der Waals surface area contributed by atoms with E-state index in [1.165, 1.54) is 9.75 Å². The first-order valence-electron chi connectivity index (χ1n) is 4.28. The summed E-state index contributed by atoms with van der Waals surface area (Å²) in [5.74, 6) is 0. The van der Waals surface area contributed by atoms with Gasteiger partial charge in [-0.05, 0) is 39.8 Å². The van der Waals surface area contributed by atoms with Crippen LogP contribution in [-0.2, 0) is 6.54 Å². The number of hydrogen-bond acceptors (Lipinski definition) is 2. The molecular formula is C10H18ClNS. The van der Waals surface area contributed by atoms with Crippen molar-refractivity contribution in [3.8, 4) is 0 Å². The van der Waals surface area contributed by atoms with E-state index in [0.29, 0.717) is 0 Å². The van der Waals surface area contributed by atoms with Gasteiger partial charge in [0.15, 0.2) is 0 Å². The Morgan fingerprint density at radius 2 is 1.92 bits per heavy atom. The van der Waals surface area contributed by atoms with Crippen LogP contribution in [0.1, 0.15) is 30.5 Å². The van der Waals surface area contributed by atoms with Crippen molar-refractivity contribution >= 4 is 23.7 Å². The van der Waals surface area contributed by atoms with Crippen molar-refractivity contribution in [2.75, 3.05) is 0 Å². The Kier molecular flexibility index (Phi) is 4.97. The molecule has 0 radical (unpaired) electrons. The van der Waals surface area contributed by atoms with Crippen molar-refractivity contribution in [1.29, 1.82) is 0 Å². The molecule has 1 heterocycles. The number of nitrogens with one attached hydrogen (secondary N) is 1. The zero-order valence-electron chi connectivity index (χ0n) is 8.68. The van der Waals surface area contributed by atoms with Crippen LogP contribution < -0.4 is 5.32 Å². The Hall–Kier alpha value is -0.0500. The highest BCUT2D eigenvalue weighted by molar-refractivity contribution is 7.11. The first-order chi connectivity index (χ1) is 5.47. The highest BCUT2D eigenvalue weighted by Crippen LogP contribution is 2.15. The van der Waals surface area contributed by atoms with E-state index in [4.69, 9.17) is 0 Å². The minimum absolute atomic E-state index is 0. The molecule has 0 atom stereocenters. The fourth-order valence-electron chi connectivity index (χ4n) is 0.932. The van der Waals surface area contributed by atoms with Gasteiger partial charge >= 0.3 is 0 Å². The molecule has 0 saturated carbocycles. The van der Waals surface area contributed by atoms with Gasteiger partial charge in [0.25, 0.3) is 0 Å². The number of halogens is 1. The predicted molar refractivity (Wildman–Crippen MR) is 62.9 cm³/mol. The lowest BCUT2D eigenvalue weighted by molar-refractivity contribution is 0.426. The minimum atomic E-state index is 0. The summed E-state index contributed by atoms with van der Waals surface area (Å²) in [4.78, 5) is 2.81. The van der Waals surface area contributed by atoms with Crippen molar-refractivity contribution < 1.29 is 0 Å². The van der Waals surface area contributed by atoms with Crippen molar-refractivity contribution in [2.45, 2.75) is 39.8 Å². The normalized spacial score (nSPS) is 11.1. The van der Waals surface area contributed by atoms with Gasteiger partial charge in [0.2, 0.25) is 0 Å². The quantitative estimate of drug-likeness (QED) is 0.805. The molecule has 0 unspecified atom stereocenters. The summed E-state index contributed by atoms with van der Waals surface area (Å²) in [5.41, 5.74) is 0.220. The Balaban J connectivity index is 0.00000144. The molecule has 0 saturated heterocycles. The maximum Gasteiger partial charge on any atom is 0.0304 e. The van der Waals surface area contributed by atoms with Crippen LogP contribution in [0.4, 0.5) is 0 Å². The molecule has 76 valence electrons. The third-order valence-corrected chi connectivity index (χ3v) is 2.59. The maximum atomic E-state index is 3.46. The fourth-order valence-corrected chi connectivity index (χ4v) is 1.76. The second kappa shape index (κ2) is 4.99. The molecule has 1 aromatic heterocycles. The van der Waals surface area contributed by atoms with Crippen LogP contribution in [0.2, 0.25) is 0 Å². The summed E-state index contributed by atoms with van der Waals surface area (Å²) >= 11 is 1.87.